The van der Waals surface area contributed by atoms with Crippen LogP contribution in [0.2, 0.25) is 0 Å². The fourth-order valence-corrected chi connectivity index (χ4v) is 2.47. The Labute approximate surface area is 148 Å². The number of halogens is 1. The predicted octanol–water partition coefficient (Wildman–Crippen LogP) is 4.04. The minimum Gasteiger partial charge on any atom is -0.507 e. The summed E-state index contributed by atoms with van der Waals surface area (Å²) in [7, 11) is 3.87. The Morgan fingerprint density at radius 1 is 1.24 bits per heavy atom. The van der Waals surface area contributed by atoms with Gasteiger partial charge in [0.05, 0.1) is 19.2 Å². The number of nitrogens with zero attached hydrogens (tertiary/aromatic N) is 2. The number of benzene rings is 2. The van der Waals surface area contributed by atoms with Gasteiger partial charge in [0, 0.05) is 17.8 Å². The summed E-state index contributed by atoms with van der Waals surface area (Å²) in [5.74, 6) is 0.514. The van der Waals surface area contributed by atoms with Crippen molar-refractivity contribution in [1.29, 1.82) is 0 Å². The number of likely N-dealkylation sites (N-methyl/N-ethyl adjacent to an activating group) is 1. The van der Waals surface area contributed by atoms with E-state index in [4.69, 9.17) is 4.74 Å². The maximum Gasteiger partial charge on any atom is 0.128 e. The van der Waals surface area contributed by atoms with Gasteiger partial charge in [-0.15, -0.1) is 0 Å². The summed E-state index contributed by atoms with van der Waals surface area (Å²) in [6.07, 6.45) is 2.55. The third-order valence-corrected chi connectivity index (χ3v) is 3.84. The first-order chi connectivity index (χ1) is 12.0. The molecule has 0 aliphatic rings. The average Bonchev–Trinajstić information content (AvgIpc) is 2.58. The van der Waals surface area contributed by atoms with E-state index >= 15 is 0 Å². The highest BCUT2D eigenvalue weighted by Gasteiger charge is 2.13. The van der Waals surface area contributed by atoms with Crippen molar-refractivity contribution in [1.82, 2.24) is 4.90 Å². The lowest BCUT2D eigenvalue weighted by Crippen LogP contribution is -2.22. The fourth-order valence-electron chi connectivity index (χ4n) is 2.47. The maximum absolute atomic E-state index is 13.5. The molecule has 0 amide bonds. The van der Waals surface area contributed by atoms with Crippen LogP contribution in [0.25, 0.3) is 0 Å². The standard InChI is InChI=1S/C20H25FN2O2/c1-4-10-25-18-9-8-16(20(24)12-18)13-22-14-19(23(2)3)15-6-5-7-17(21)11-15/h5-9,11-13,19,24H,4,10,14H2,1-3H3/t19-/m1/s1. The zero-order chi connectivity index (χ0) is 18.2. The van der Waals surface area contributed by atoms with Crippen LogP contribution in [0.15, 0.2) is 47.5 Å². The van der Waals surface area contributed by atoms with Crippen LogP contribution in [0, 0.1) is 5.82 Å². The molecule has 0 aliphatic carbocycles. The molecule has 4 nitrogen and oxygen atoms in total. The van der Waals surface area contributed by atoms with E-state index in [1.807, 2.05) is 38.1 Å². The van der Waals surface area contributed by atoms with E-state index in [-0.39, 0.29) is 17.6 Å². The molecular weight excluding hydrogens is 319 g/mol. The van der Waals surface area contributed by atoms with Crippen molar-refractivity contribution < 1.29 is 14.2 Å². The van der Waals surface area contributed by atoms with E-state index < -0.39 is 0 Å². The first-order valence-corrected chi connectivity index (χ1v) is 8.38. The Morgan fingerprint density at radius 3 is 2.68 bits per heavy atom. The Bertz CT molecular complexity index is 717. The monoisotopic (exact) mass is 344 g/mol. The summed E-state index contributed by atoms with van der Waals surface area (Å²) in [5, 5.41) is 10.1. The third-order valence-electron chi connectivity index (χ3n) is 3.84. The van der Waals surface area contributed by atoms with Crippen molar-refractivity contribution in [2.45, 2.75) is 19.4 Å². The van der Waals surface area contributed by atoms with Crippen molar-refractivity contribution in [2.24, 2.45) is 4.99 Å². The molecule has 2 aromatic carbocycles. The second kappa shape index (κ2) is 9.18. The molecule has 0 saturated heterocycles. The first-order valence-electron chi connectivity index (χ1n) is 8.38. The number of phenols is 1. The van der Waals surface area contributed by atoms with Crippen LogP contribution >= 0.6 is 0 Å². The van der Waals surface area contributed by atoms with Crippen LogP contribution < -0.4 is 4.74 Å². The molecule has 0 radical (unpaired) electrons. The summed E-state index contributed by atoms with van der Waals surface area (Å²) in [6.45, 7) is 3.11. The zero-order valence-corrected chi connectivity index (χ0v) is 14.9. The number of hydrogen-bond acceptors (Lipinski definition) is 4. The van der Waals surface area contributed by atoms with E-state index in [9.17, 15) is 9.50 Å². The van der Waals surface area contributed by atoms with Crippen LogP contribution in [0.1, 0.15) is 30.5 Å². The van der Waals surface area contributed by atoms with Gasteiger partial charge >= 0.3 is 0 Å². The van der Waals surface area contributed by atoms with Gasteiger partial charge in [-0.05, 0) is 50.3 Å². The van der Waals surface area contributed by atoms with Gasteiger partial charge in [-0.25, -0.2) is 4.39 Å². The molecule has 1 atom stereocenters. The zero-order valence-electron chi connectivity index (χ0n) is 14.9. The first kappa shape index (κ1) is 18.9. The molecule has 0 aliphatic heterocycles. The van der Waals surface area contributed by atoms with Crippen molar-refractivity contribution in [3.8, 4) is 11.5 Å². The normalized spacial score (nSPS) is 12.7. The fraction of sp³-hybridized carbons (Fsp3) is 0.350. The topological polar surface area (TPSA) is 45.1 Å². The van der Waals surface area contributed by atoms with Crippen LogP contribution in [-0.4, -0.2) is 43.5 Å². The predicted molar refractivity (Wildman–Crippen MR) is 99.2 cm³/mol. The van der Waals surface area contributed by atoms with E-state index in [0.29, 0.717) is 24.5 Å². The van der Waals surface area contributed by atoms with Gasteiger partial charge in [-0.2, -0.15) is 0 Å². The van der Waals surface area contributed by atoms with Crippen molar-refractivity contribution >= 4 is 6.21 Å². The van der Waals surface area contributed by atoms with Crippen LogP contribution in [0.4, 0.5) is 4.39 Å². The SMILES string of the molecule is CCCOc1ccc(C=NC[C@H](c2cccc(F)c2)N(C)C)c(O)c1. The van der Waals surface area contributed by atoms with E-state index in [2.05, 4.69) is 4.99 Å². The highest BCUT2D eigenvalue weighted by Crippen LogP contribution is 2.23. The molecule has 0 aromatic heterocycles. The maximum atomic E-state index is 13.5. The Kier molecular flexibility index (Phi) is 6.95. The number of ether oxygens (including phenoxy) is 1. The smallest absolute Gasteiger partial charge is 0.128 e. The molecule has 0 fully saturated rings. The Balaban J connectivity index is 2.07. The lowest BCUT2D eigenvalue weighted by Gasteiger charge is -2.23. The van der Waals surface area contributed by atoms with Crippen LogP contribution in [-0.2, 0) is 0 Å². The second-order valence-electron chi connectivity index (χ2n) is 6.10. The van der Waals surface area contributed by atoms with Crippen LogP contribution in [0.5, 0.6) is 11.5 Å². The molecule has 0 bridgehead atoms. The molecule has 0 heterocycles. The lowest BCUT2D eigenvalue weighted by molar-refractivity contribution is 0.306. The average molecular weight is 344 g/mol. The quantitative estimate of drug-likeness (QED) is 0.735. The molecule has 0 unspecified atom stereocenters. The van der Waals surface area contributed by atoms with Gasteiger partial charge in [-0.1, -0.05) is 19.1 Å². The minimum atomic E-state index is -0.256. The van der Waals surface area contributed by atoms with Gasteiger partial charge < -0.3 is 14.7 Å². The number of hydrogen-bond donors (Lipinski definition) is 1. The van der Waals surface area contributed by atoms with E-state index in [0.717, 1.165) is 12.0 Å². The molecule has 2 aromatic rings. The number of aliphatic imine (C=N–C) groups is 1. The Morgan fingerprint density at radius 2 is 2.04 bits per heavy atom. The van der Waals surface area contributed by atoms with Gasteiger partial charge in [0.1, 0.15) is 17.3 Å². The van der Waals surface area contributed by atoms with Gasteiger partial charge in [0.15, 0.2) is 0 Å². The highest BCUT2D eigenvalue weighted by atomic mass is 19.1. The van der Waals surface area contributed by atoms with Crippen LogP contribution in [0.3, 0.4) is 0 Å². The van der Waals surface area contributed by atoms with Crippen molar-refractivity contribution in [3.05, 3.63) is 59.4 Å². The summed E-state index contributed by atoms with van der Waals surface area (Å²) in [4.78, 5) is 6.43. The molecule has 25 heavy (non-hydrogen) atoms. The van der Waals surface area contributed by atoms with Gasteiger partial charge in [0.25, 0.3) is 0 Å². The summed E-state index contributed by atoms with van der Waals surface area (Å²) in [5.41, 5.74) is 1.50. The molecule has 134 valence electrons. The number of phenolic OH excluding ortho intramolecular Hbond substituents is 1. The van der Waals surface area contributed by atoms with E-state index in [1.165, 1.54) is 12.1 Å². The van der Waals surface area contributed by atoms with E-state index in [1.54, 1.807) is 24.4 Å². The second-order valence-corrected chi connectivity index (χ2v) is 6.10. The third kappa shape index (κ3) is 5.57. The summed E-state index contributed by atoms with van der Waals surface area (Å²) < 4.78 is 18.9. The summed E-state index contributed by atoms with van der Waals surface area (Å²) in [6, 6.07) is 11.7. The molecule has 2 rings (SSSR count). The largest absolute Gasteiger partial charge is 0.507 e. The molecule has 0 spiro atoms. The summed E-state index contributed by atoms with van der Waals surface area (Å²) >= 11 is 0. The highest BCUT2D eigenvalue weighted by molar-refractivity contribution is 5.83. The Hall–Kier alpha value is -2.40. The number of aromatic hydroxyl groups is 1. The van der Waals surface area contributed by atoms with Crippen molar-refractivity contribution in [2.75, 3.05) is 27.2 Å². The lowest BCUT2D eigenvalue weighted by atomic mass is 10.1. The van der Waals surface area contributed by atoms with Gasteiger partial charge in [0.2, 0.25) is 0 Å². The van der Waals surface area contributed by atoms with Crippen molar-refractivity contribution in [3.63, 3.8) is 0 Å². The minimum absolute atomic E-state index is 0.0405. The van der Waals surface area contributed by atoms with Gasteiger partial charge in [-0.3, -0.25) is 4.99 Å². The molecule has 5 heteroatoms. The molecular formula is C20H25FN2O2. The molecule has 0 saturated carbocycles. The number of rotatable bonds is 8. The molecule has 1 N–H and O–H groups in total.